The first-order valence-electron chi connectivity index (χ1n) is 9.58. The maximum Gasteiger partial charge on any atom is 0.335 e. The normalized spacial score (nSPS) is 10.5. The van der Waals surface area contributed by atoms with Crippen molar-refractivity contribution in [3.05, 3.63) is 88.4 Å². The maximum atomic E-state index is 11.1. The molecule has 0 amide bonds. The minimum absolute atomic E-state index is 0.259. The second-order valence-electron chi connectivity index (χ2n) is 6.44. The van der Waals surface area contributed by atoms with E-state index in [9.17, 15) is 4.79 Å². The fraction of sp³-hybridized carbons (Fsp3) is 0.167. The molecule has 0 aliphatic rings. The van der Waals surface area contributed by atoms with Gasteiger partial charge < -0.3 is 5.11 Å². The van der Waals surface area contributed by atoms with Gasteiger partial charge in [0.1, 0.15) is 5.69 Å². The molecule has 1 heterocycles. The van der Waals surface area contributed by atoms with E-state index in [-0.39, 0.29) is 5.56 Å². The van der Waals surface area contributed by atoms with Crippen molar-refractivity contribution in [2.24, 2.45) is 0 Å². The molecule has 0 spiro atoms. The number of nitrogens with zero attached hydrogens (tertiary/aromatic N) is 2. The first-order valence-corrected chi connectivity index (χ1v) is 9.95. The van der Waals surface area contributed by atoms with Crippen LogP contribution in [0, 0.1) is 6.92 Å². The molecule has 5 heteroatoms. The molecule has 0 aliphatic heterocycles. The molecule has 1 N–H and O–H groups in total. The molecule has 3 aromatic carbocycles. The van der Waals surface area contributed by atoms with Gasteiger partial charge in [-0.2, -0.15) is 5.10 Å². The first-order chi connectivity index (χ1) is 14.0. The largest absolute Gasteiger partial charge is 0.478 e. The minimum atomic E-state index is -0.939. The number of aromatic carboxylic acids is 1. The summed E-state index contributed by atoms with van der Waals surface area (Å²) in [5.74, 6) is -0.939. The van der Waals surface area contributed by atoms with Gasteiger partial charge in [-0.25, -0.2) is 4.79 Å². The van der Waals surface area contributed by atoms with E-state index in [4.69, 9.17) is 21.8 Å². The summed E-state index contributed by atoms with van der Waals surface area (Å²) in [7, 11) is 0. The second kappa shape index (κ2) is 8.93. The predicted molar refractivity (Wildman–Crippen MR) is 119 cm³/mol. The molecule has 1 aromatic heterocycles. The molecule has 0 saturated heterocycles. The van der Waals surface area contributed by atoms with E-state index in [0.717, 1.165) is 38.3 Å². The highest BCUT2D eigenvalue weighted by Crippen LogP contribution is 2.30. The van der Waals surface area contributed by atoms with Gasteiger partial charge in [0.15, 0.2) is 0 Å². The van der Waals surface area contributed by atoms with Crippen LogP contribution in [0.25, 0.3) is 22.2 Å². The highest BCUT2D eigenvalue weighted by atomic mass is 35.5. The molecule has 0 saturated carbocycles. The van der Waals surface area contributed by atoms with Crippen molar-refractivity contribution in [1.29, 1.82) is 0 Å². The van der Waals surface area contributed by atoms with Gasteiger partial charge in [0.25, 0.3) is 0 Å². The van der Waals surface area contributed by atoms with Crippen LogP contribution in [0.3, 0.4) is 0 Å². The molecule has 0 unspecified atom stereocenters. The van der Waals surface area contributed by atoms with Gasteiger partial charge in [-0.3, -0.25) is 4.68 Å². The van der Waals surface area contributed by atoms with E-state index in [2.05, 4.69) is 0 Å². The fourth-order valence-corrected chi connectivity index (χ4v) is 3.53. The minimum Gasteiger partial charge on any atom is -0.478 e. The molecule has 0 bridgehead atoms. The van der Waals surface area contributed by atoms with Crippen molar-refractivity contribution in [3.63, 3.8) is 0 Å². The average molecular weight is 407 g/mol. The van der Waals surface area contributed by atoms with E-state index in [1.165, 1.54) is 0 Å². The zero-order valence-corrected chi connectivity index (χ0v) is 17.4. The van der Waals surface area contributed by atoms with Crippen molar-refractivity contribution in [1.82, 2.24) is 9.78 Å². The summed E-state index contributed by atoms with van der Waals surface area (Å²) >= 11 is 6.40. The Morgan fingerprint density at radius 3 is 2.34 bits per heavy atom. The smallest absolute Gasteiger partial charge is 0.335 e. The van der Waals surface area contributed by atoms with Gasteiger partial charge in [0.05, 0.1) is 17.6 Å². The lowest BCUT2D eigenvalue weighted by Crippen LogP contribution is -2.04. The summed E-state index contributed by atoms with van der Waals surface area (Å²) in [6.45, 7) is 6.61. The number of carboxylic acids is 1. The van der Waals surface area contributed by atoms with Crippen LogP contribution in [-0.4, -0.2) is 20.9 Å². The number of halogens is 1. The van der Waals surface area contributed by atoms with E-state index in [1.807, 2.05) is 67.9 Å². The number of hydrogen-bond donors (Lipinski definition) is 1. The Balaban J connectivity index is 0.00000117. The van der Waals surface area contributed by atoms with Gasteiger partial charge in [0, 0.05) is 16.0 Å². The summed E-state index contributed by atoms with van der Waals surface area (Å²) in [4.78, 5) is 11.1. The molecule has 148 valence electrons. The Hall–Kier alpha value is -3.11. The molecule has 4 nitrogen and oxygen atoms in total. The van der Waals surface area contributed by atoms with Gasteiger partial charge in [-0.15, -0.1) is 0 Å². The number of carboxylic acid groups (broad SMARTS) is 1. The summed E-state index contributed by atoms with van der Waals surface area (Å²) in [5.41, 5.74) is 5.14. The monoisotopic (exact) mass is 406 g/mol. The third-order valence-corrected chi connectivity index (χ3v) is 5.08. The Kier molecular flexibility index (Phi) is 6.35. The van der Waals surface area contributed by atoms with E-state index >= 15 is 0 Å². The van der Waals surface area contributed by atoms with E-state index in [1.54, 1.807) is 24.3 Å². The highest BCUT2D eigenvalue weighted by molar-refractivity contribution is 6.31. The standard InChI is InChI=1S/C22H17ClN2O2.C2H6/c1-14-5-4-7-19(23)18(14)13-25-20-8-3-2-6-17(20)21(24-25)15-9-11-16(12-10-15)22(26)27;1-2/h2-12H,13H2,1H3,(H,26,27);1-2H3. The van der Waals surface area contributed by atoms with Gasteiger partial charge in [-0.1, -0.05) is 67.9 Å². The summed E-state index contributed by atoms with van der Waals surface area (Å²) in [5, 5.41) is 15.7. The number of para-hydroxylation sites is 1. The molecule has 0 fully saturated rings. The zero-order chi connectivity index (χ0) is 21.0. The average Bonchev–Trinajstić information content (AvgIpc) is 3.11. The number of benzene rings is 3. The van der Waals surface area contributed by atoms with Crippen molar-refractivity contribution >= 4 is 28.5 Å². The van der Waals surface area contributed by atoms with E-state index < -0.39 is 5.97 Å². The first kappa shape index (κ1) is 20.6. The van der Waals surface area contributed by atoms with Crippen LogP contribution in [0.1, 0.15) is 35.3 Å². The Labute approximate surface area is 175 Å². The molecular formula is C24H23ClN2O2. The lowest BCUT2D eigenvalue weighted by molar-refractivity contribution is 0.0697. The third kappa shape index (κ3) is 4.17. The third-order valence-electron chi connectivity index (χ3n) is 4.72. The number of carbonyl (C=O) groups is 1. The molecule has 4 rings (SSSR count). The van der Waals surface area contributed by atoms with Gasteiger partial charge in [0.2, 0.25) is 0 Å². The molecule has 29 heavy (non-hydrogen) atoms. The number of hydrogen-bond acceptors (Lipinski definition) is 2. The van der Waals surface area contributed by atoms with Crippen LogP contribution in [0.5, 0.6) is 0 Å². The highest BCUT2D eigenvalue weighted by Gasteiger charge is 2.14. The van der Waals surface area contributed by atoms with Crippen molar-refractivity contribution in [2.45, 2.75) is 27.3 Å². The molecule has 0 radical (unpaired) electrons. The van der Waals surface area contributed by atoms with Crippen molar-refractivity contribution in [2.75, 3.05) is 0 Å². The number of fused-ring (bicyclic) bond motifs is 1. The second-order valence-corrected chi connectivity index (χ2v) is 6.85. The predicted octanol–water partition coefficient (Wildman–Crippen LogP) is 6.44. The zero-order valence-electron chi connectivity index (χ0n) is 16.7. The number of aryl methyl sites for hydroxylation is 1. The van der Waals surface area contributed by atoms with Crippen molar-refractivity contribution < 1.29 is 9.90 Å². The van der Waals surface area contributed by atoms with Crippen LogP contribution in [-0.2, 0) is 6.54 Å². The van der Waals surface area contributed by atoms with Gasteiger partial charge in [-0.05, 0) is 42.3 Å². The lowest BCUT2D eigenvalue weighted by atomic mass is 10.1. The van der Waals surface area contributed by atoms with Gasteiger partial charge >= 0.3 is 5.97 Å². The molecule has 0 aliphatic carbocycles. The maximum absolute atomic E-state index is 11.1. The van der Waals surface area contributed by atoms with Crippen molar-refractivity contribution in [3.8, 4) is 11.3 Å². The topological polar surface area (TPSA) is 55.1 Å². The number of aromatic nitrogens is 2. The molecular weight excluding hydrogens is 384 g/mol. The molecule has 0 atom stereocenters. The number of rotatable bonds is 4. The van der Waals surface area contributed by atoms with E-state index in [0.29, 0.717) is 6.54 Å². The van der Waals surface area contributed by atoms with Crippen LogP contribution in [0.2, 0.25) is 5.02 Å². The lowest BCUT2D eigenvalue weighted by Gasteiger charge is -2.09. The Morgan fingerprint density at radius 1 is 1.00 bits per heavy atom. The Morgan fingerprint density at radius 2 is 1.69 bits per heavy atom. The summed E-state index contributed by atoms with van der Waals surface area (Å²) < 4.78 is 1.95. The molecule has 4 aromatic rings. The summed E-state index contributed by atoms with van der Waals surface area (Å²) in [6.07, 6.45) is 0. The fourth-order valence-electron chi connectivity index (χ4n) is 3.25. The van der Waals surface area contributed by atoms with Crippen LogP contribution < -0.4 is 0 Å². The Bertz CT molecular complexity index is 1130. The summed E-state index contributed by atoms with van der Waals surface area (Å²) in [6, 6.07) is 20.7. The van der Waals surface area contributed by atoms with Crippen LogP contribution in [0.15, 0.2) is 66.7 Å². The SMILES string of the molecule is CC.Cc1cccc(Cl)c1Cn1nc(-c2ccc(C(=O)O)cc2)c2ccccc21. The van der Waals surface area contributed by atoms with Crippen LogP contribution >= 0.6 is 11.6 Å². The van der Waals surface area contributed by atoms with Crippen LogP contribution in [0.4, 0.5) is 0 Å². The quantitative estimate of drug-likeness (QED) is 0.424.